The van der Waals surface area contributed by atoms with Crippen LogP contribution in [0.2, 0.25) is 0 Å². The number of hydrogen-bond donors (Lipinski definition) is 1. The van der Waals surface area contributed by atoms with E-state index in [0.29, 0.717) is 6.61 Å². The summed E-state index contributed by atoms with van der Waals surface area (Å²) in [4.78, 5) is 4.57. The number of aryl methyl sites for hydroxylation is 1. The van der Waals surface area contributed by atoms with Gasteiger partial charge in [0, 0.05) is 23.3 Å². The van der Waals surface area contributed by atoms with Crippen LogP contribution in [0.4, 0.5) is 5.69 Å². The summed E-state index contributed by atoms with van der Waals surface area (Å²) >= 11 is 0. The van der Waals surface area contributed by atoms with E-state index in [4.69, 9.17) is 4.74 Å². The predicted octanol–water partition coefficient (Wildman–Crippen LogP) is 4.15. The maximum Gasteiger partial charge on any atom is 0.120 e. The monoisotopic (exact) mass is 258 g/mol. The van der Waals surface area contributed by atoms with Gasteiger partial charge in [0.1, 0.15) is 5.75 Å². The first-order valence-corrected chi connectivity index (χ1v) is 7.02. The standard InChI is InChI=1S/C16H22N2O/c1-4-6-9-17-16-10-12(3)18-15-8-7-13(19-5-2)11-14(15)16/h7-8,10-11H,4-6,9H2,1-3H3,(H,17,18). The van der Waals surface area contributed by atoms with Crippen LogP contribution < -0.4 is 10.1 Å². The highest BCUT2D eigenvalue weighted by Gasteiger charge is 2.05. The van der Waals surface area contributed by atoms with Crippen molar-refractivity contribution < 1.29 is 4.74 Å². The van der Waals surface area contributed by atoms with Crippen LogP contribution in [0.3, 0.4) is 0 Å². The van der Waals surface area contributed by atoms with Crippen molar-refractivity contribution in [3.8, 4) is 5.75 Å². The Morgan fingerprint density at radius 2 is 2.05 bits per heavy atom. The van der Waals surface area contributed by atoms with Gasteiger partial charge in [0.25, 0.3) is 0 Å². The number of hydrogen-bond acceptors (Lipinski definition) is 3. The van der Waals surface area contributed by atoms with Crippen LogP contribution in [0.25, 0.3) is 10.9 Å². The van der Waals surface area contributed by atoms with Gasteiger partial charge in [-0.3, -0.25) is 4.98 Å². The molecule has 0 amide bonds. The van der Waals surface area contributed by atoms with Crippen molar-refractivity contribution >= 4 is 16.6 Å². The van der Waals surface area contributed by atoms with Gasteiger partial charge in [-0.1, -0.05) is 13.3 Å². The molecule has 19 heavy (non-hydrogen) atoms. The van der Waals surface area contributed by atoms with Gasteiger partial charge in [-0.05, 0) is 44.5 Å². The molecule has 102 valence electrons. The summed E-state index contributed by atoms with van der Waals surface area (Å²) in [7, 11) is 0. The van der Waals surface area contributed by atoms with Crippen molar-refractivity contribution in [3.05, 3.63) is 30.0 Å². The summed E-state index contributed by atoms with van der Waals surface area (Å²) in [5.74, 6) is 0.902. The summed E-state index contributed by atoms with van der Waals surface area (Å²) in [5, 5.41) is 4.64. The number of ether oxygens (including phenoxy) is 1. The molecule has 0 atom stereocenters. The van der Waals surface area contributed by atoms with Crippen LogP contribution in [0, 0.1) is 6.92 Å². The molecule has 0 saturated carbocycles. The topological polar surface area (TPSA) is 34.2 Å². The minimum absolute atomic E-state index is 0.684. The largest absolute Gasteiger partial charge is 0.494 e. The first-order valence-electron chi connectivity index (χ1n) is 7.02. The second-order valence-corrected chi connectivity index (χ2v) is 4.70. The molecule has 0 radical (unpaired) electrons. The zero-order chi connectivity index (χ0) is 13.7. The van der Waals surface area contributed by atoms with Gasteiger partial charge in [-0.2, -0.15) is 0 Å². The number of fused-ring (bicyclic) bond motifs is 1. The van der Waals surface area contributed by atoms with Gasteiger partial charge < -0.3 is 10.1 Å². The molecular weight excluding hydrogens is 236 g/mol. The second-order valence-electron chi connectivity index (χ2n) is 4.70. The van der Waals surface area contributed by atoms with Crippen LogP contribution in [0.15, 0.2) is 24.3 Å². The first kappa shape index (κ1) is 13.7. The molecule has 2 aromatic rings. The zero-order valence-corrected chi connectivity index (χ0v) is 12.0. The third-order valence-corrected chi connectivity index (χ3v) is 3.07. The average molecular weight is 258 g/mol. The lowest BCUT2D eigenvalue weighted by atomic mass is 10.1. The molecule has 3 nitrogen and oxygen atoms in total. The van der Waals surface area contributed by atoms with E-state index in [-0.39, 0.29) is 0 Å². The van der Waals surface area contributed by atoms with Crippen molar-refractivity contribution in [2.24, 2.45) is 0 Å². The van der Waals surface area contributed by atoms with Crippen LogP contribution in [0.5, 0.6) is 5.75 Å². The number of rotatable bonds is 6. The molecule has 0 aliphatic rings. The Labute approximate surface area is 115 Å². The van der Waals surface area contributed by atoms with E-state index in [1.165, 1.54) is 12.8 Å². The Balaban J connectivity index is 2.37. The number of nitrogens with zero attached hydrogens (tertiary/aromatic N) is 1. The number of benzene rings is 1. The normalized spacial score (nSPS) is 10.7. The third-order valence-electron chi connectivity index (χ3n) is 3.07. The van der Waals surface area contributed by atoms with Gasteiger partial charge in [0.15, 0.2) is 0 Å². The molecule has 0 fully saturated rings. The van der Waals surface area contributed by atoms with Gasteiger partial charge >= 0.3 is 0 Å². The first-order chi connectivity index (χ1) is 9.24. The fourth-order valence-electron chi connectivity index (χ4n) is 2.14. The highest BCUT2D eigenvalue weighted by atomic mass is 16.5. The second kappa shape index (κ2) is 6.41. The fraction of sp³-hybridized carbons (Fsp3) is 0.438. The van der Waals surface area contributed by atoms with Crippen molar-refractivity contribution in [3.63, 3.8) is 0 Å². The van der Waals surface area contributed by atoms with E-state index in [9.17, 15) is 0 Å². The zero-order valence-electron chi connectivity index (χ0n) is 12.0. The molecule has 0 saturated heterocycles. The van der Waals surface area contributed by atoms with Crippen molar-refractivity contribution in [1.82, 2.24) is 4.98 Å². The van der Waals surface area contributed by atoms with Gasteiger partial charge in [-0.25, -0.2) is 0 Å². The summed E-state index contributed by atoms with van der Waals surface area (Å²) in [6, 6.07) is 8.18. The summed E-state index contributed by atoms with van der Waals surface area (Å²) in [5.41, 5.74) is 3.20. The van der Waals surface area contributed by atoms with E-state index in [1.54, 1.807) is 0 Å². The lowest BCUT2D eigenvalue weighted by Crippen LogP contribution is -2.03. The highest BCUT2D eigenvalue weighted by Crippen LogP contribution is 2.27. The Bertz CT molecular complexity index is 552. The molecule has 1 N–H and O–H groups in total. The minimum Gasteiger partial charge on any atom is -0.494 e. The van der Waals surface area contributed by atoms with Gasteiger partial charge in [0.05, 0.1) is 12.1 Å². The lowest BCUT2D eigenvalue weighted by molar-refractivity contribution is 0.340. The van der Waals surface area contributed by atoms with E-state index < -0.39 is 0 Å². The number of unbranched alkanes of at least 4 members (excludes halogenated alkanes) is 1. The van der Waals surface area contributed by atoms with Crippen LogP contribution in [-0.4, -0.2) is 18.1 Å². The van der Waals surface area contributed by atoms with Crippen molar-refractivity contribution in [2.75, 3.05) is 18.5 Å². The van der Waals surface area contributed by atoms with Crippen LogP contribution in [0.1, 0.15) is 32.4 Å². The summed E-state index contributed by atoms with van der Waals surface area (Å²) in [6.07, 6.45) is 2.37. The highest BCUT2D eigenvalue weighted by molar-refractivity contribution is 5.92. The maximum atomic E-state index is 5.57. The molecule has 1 aromatic heterocycles. The molecule has 0 aliphatic heterocycles. The van der Waals surface area contributed by atoms with E-state index in [0.717, 1.165) is 34.6 Å². The Hall–Kier alpha value is -1.77. The molecule has 0 unspecified atom stereocenters. The smallest absolute Gasteiger partial charge is 0.120 e. The maximum absolute atomic E-state index is 5.57. The predicted molar refractivity (Wildman–Crippen MR) is 81.0 cm³/mol. The van der Waals surface area contributed by atoms with E-state index >= 15 is 0 Å². The molecule has 0 bridgehead atoms. The quantitative estimate of drug-likeness (QED) is 0.790. The molecule has 2 rings (SSSR count). The molecule has 0 aliphatic carbocycles. The Morgan fingerprint density at radius 1 is 1.21 bits per heavy atom. The Kier molecular flexibility index (Phi) is 4.61. The SMILES string of the molecule is CCCCNc1cc(C)nc2ccc(OCC)cc12. The number of aromatic nitrogens is 1. The van der Waals surface area contributed by atoms with Gasteiger partial charge in [-0.15, -0.1) is 0 Å². The Morgan fingerprint density at radius 3 is 2.79 bits per heavy atom. The van der Waals surface area contributed by atoms with Gasteiger partial charge in [0.2, 0.25) is 0 Å². The number of nitrogens with one attached hydrogen (secondary N) is 1. The third kappa shape index (κ3) is 3.37. The molecule has 3 heteroatoms. The number of pyridine rings is 1. The lowest BCUT2D eigenvalue weighted by Gasteiger charge is -2.12. The molecule has 0 spiro atoms. The summed E-state index contributed by atoms with van der Waals surface area (Å²) in [6.45, 7) is 7.90. The fourth-order valence-corrected chi connectivity index (χ4v) is 2.14. The summed E-state index contributed by atoms with van der Waals surface area (Å²) < 4.78 is 5.57. The molecule has 1 heterocycles. The van der Waals surface area contributed by atoms with Crippen molar-refractivity contribution in [2.45, 2.75) is 33.6 Å². The molecule has 1 aromatic carbocycles. The minimum atomic E-state index is 0.684. The van der Waals surface area contributed by atoms with Crippen LogP contribution >= 0.6 is 0 Å². The van der Waals surface area contributed by atoms with E-state index in [1.807, 2.05) is 26.0 Å². The van der Waals surface area contributed by atoms with Crippen molar-refractivity contribution in [1.29, 1.82) is 0 Å². The van der Waals surface area contributed by atoms with Crippen LogP contribution in [-0.2, 0) is 0 Å². The average Bonchev–Trinajstić information content (AvgIpc) is 2.40. The van der Waals surface area contributed by atoms with E-state index in [2.05, 4.69) is 29.4 Å². The molecular formula is C16H22N2O. The number of anilines is 1.